The van der Waals surface area contributed by atoms with Crippen LogP contribution in [0.15, 0.2) is 18.2 Å². The standard InChI is InChI=1S/C14H21FN2S/c1-14(2)10-17(8-9-18-14)13-11(6-7-16)4-3-5-12(13)15/h3-5H,6-10,16H2,1-2H3. The van der Waals surface area contributed by atoms with Gasteiger partial charge in [-0.05, 0) is 38.4 Å². The Morgan fingerprint density at radius 3 is 2.89 bits per heavy atom. The smallest absolute Gasteiger partial charge is 0.146 e. The summed E-state index contributed by atoms with van der Waals surface area (Å²) in [7, 11) is 0. The van der Waals surface area contributed by atoms with Crippen molar-refractivity contribution in [2.45, 2.75) is 25.0 Å². The van der Waals surface area contributed by atoms with Gasteiger partial charge in [0.05, 0.1) is 5.69 Å². The molecule has 18 heavy (non-hydrogen) atoms. The van der Waals surface area contributed by atoms with Crippen molar-refractivity contribution in [3.63, 3.8) is 0 Å². The fourth-order valence-corrected chi connectivity index (χ4v) is 3.59. The van der Waals surface area contributed by atoms with Gasteiger partial charge < -0.3 is 10.6 Å². The monoisotopic (exact) mass is 268 g/mol. The summed E-state index contributed by atoms with van der Waals surface area (Å²) < 4.78 is 14.3. The number of hydrogen-bond donors (Lipinski definition) is 1. The van der Waals surface area contributed by atoms with E-state index in [2.05, 4.69) is 18.7 Å². The number of anilines is 1. The minimum atomic E-state index is -0.122. The van der Waals surface area contributed by atoms with Crippen LogP contribution < -0.4 is 10.6 Å². The molecule has 2 N–H and O–H groups in total. The van der Waals surface area contributed by atoms with Crippen molar-refractivity contribution in [3.05, 3.63) is 29.6 Å². The second-order valence-electron chi connectivity index (χ2n) is 5.32. The Morgan fingerprint density at radius 2 is 2.22 bits per heavy atom. The van der Waals surface area contributed by atoms with Crippen LogP contribution in [0.25, 0.3) is 0 Å². The van der Waals surface area contributed by atoms with Crippen LogP contribution in [0.1, 0.15) is 19.4 Å². The Hall–Kier alpha value is -0.740. The molecule has 100 valence electrons. The van der Waals surface area contributed by atoms with Crippen molar-refractivity contribution in [1.29, 1.82) is 0 Å². The van der Waals surface area contributed by atoms with Gasteiger partial charge in [0.2, 0.25) is 0 Å². The van der Waals surface area contributed by atoms with Crippen LogP contribution in [-0.4, -0.2) is 30.1 Å². The van der Waals surface area contributed by atoms with E-state index in [4.69, 9.17) is 5.73 Å². The van der Waals surface area contributed by atoms with Crippen LogP contribution in [0, 0.1) is 5.82 Å². The van der Waals surface area contributed by atoms with Gasteiger partial charge in [-0.25, -0.2) is 4.39 Å². The highest BCUT2D eigenvalue weighted by atomic mass is 32.2. The summed E-state index contributed by atoms with van der Waals surface area (Å²) in [4.78, 5) is 2.18. The molecule has 2 rings (SSSR count). The lowest BCUT2D eigenvalue weighted by atomic mass is 10.1. The molecule has 0 aliphatic carbocycles. The summed E-state index contributed by atoms with van der Waals surface area (Å²) in [5.74, 6) is 0.923. The normalized spacial score (nSPS) is 19.0. The van der Waals surface area contributed by atoms with Crippen molar-refractivity contribution in [1.82, 2.24) is 0 Å². The van der Waals surface area contributed by atoms with Crippen molar-refractivity contribution in [3.8, 4) is 0 Å². The Bertz CT molecular complexity index is 420. The second-order valence-corrected chi connectivity index (χ2v) is 7.12. The zero-order valence-corrected chi connectivity index (χ0v) is 11.9. The number of hydrogen-bond acceptors (Lipinski definition) is 3. The maximum atomic E-state index is 14.1. The van der Waals surface area contributed by atoms with Crippen molar-refractivity contribution in [2.24, 2.45) is 5.73 Å². The van der Waals surface area contributed by atoms with Crippen LogP contribution in [0.3, 0.4) is 0 Å². The first-order valence-corrected chi connectivity index (χ1v) is 7.38. The molecule has 1 heterocycles. The first-order valence-electron chi connectivity index (χ1n) is 6.40. The molecule has 0 bridgehead atoms. The van der Waals surface area contributed by atoms with Crippen LogP contribution >= 0.6 is 11.8 Å². The SMILES string of the molecule is CC1(C)CN(c2c(F)cccc2CCN)CCS1. The average Bonchev–Trinajstić information content (AvgIpc) is 2.28. The topological polar surface area (TPSA) is 29.3 Å². The second kappa shape index (κ2) is 5.49. The highest BCUT2D eigenvalue weighted by Gasteiger charge is 2.29. The molecule has 0 aromatic heterocycles. The molecule has 1 aromatic carbocycles. The summed E-state index contributed by atoms with van der Waals surface area (Å²) in [6, 6.07) is 5.30. The Balaban J connectivity index is 2.31. The van der Waals surface area contributed by atoms with Crippen LogP contribution in [0.5, 0.6) is 0 Å². The zero-order chi connectivity index (χ0) is 13.2. The van der Waals surface area contributed by atoms with Crippen molar-refractivity contribution >= 4 is 17.4 Å². The van der Waals surface area contributed by atoms with E-state index < -0.39 is 0 Å². The van der Waals surface area contributed by atoms with Gasteiger partial charge in [0, 0.05) is 23.6 Å². The fraction of sp³-hybridized carbons (Fsp3) is 0.571. The van der Waals surface area contributed by atoms with Gasteiger partial charge in [-0.2, -0.15) is 11.8 Å². The lowest BCUT2D eigenvalue weighted by Gasteiger charge is -2.39. The molecule has 0 amide bonds. The van der Waals surface area contributed by atoms with Gasteiger partial charge in [-0.1, -0.05) is 12.1 Å². The first-order chi connectivity index (χ1) is 8.53. The Kier molecular flexibility index (Phi) is 4.17. The summed E-state index contributed by atoms with van der Waals surface area (Å²) in [6.07, 6.45) is 0.733. The number of nitrogens with zero attached hydrogens (tertiary/aromatic N) is 1. The molecule has 1 aliphatic rings. The highest BCUT2D eigenvalue weighted by molar-refractivity contribution is 8.00. The van der Waals surface area contributed by atoms with Gasteiger partial charge in [-0.3, -0.25) is 0 Å². The quantitative estimate of drug-likeness (QED) is 0.914. The van der Waals surface area contributed by atoms with E-state index in [1.807, 2.05) is 17.8 Å². The maximum Gasteiger partial charge on any atom is 0.146 e. The van der Waals surface area contributed by atoms with E-state index in [0.717, 1.165) is 36.5 Å². The van der Waals surface area contributed by atoms with E-state index >= 15 is 0 Å². The molecular formula is C14H21FN2S. The number of para-hydroxylation sites is 1. The lowest BCUT2D eigenvalue weighted by Crippen LogP contribution is -2.44. The maximum absolute atomic E-state index is 14.1. The van der Waals surface area contributed by atoms with E-state index in [0.29, 0.717) is 6.54 Å². The van der Waals surface area contributed by atoms with Gasteiger partial charge in [0.15, 0.2) is 0 Å². The van der Waals surface area contributed by atoms with Crippen LogP contribution in [-0.2, 0) is 6.42 Å². The minimum Gasteiger partial charge on any atom is -0.367 e. The number of thioether (sulfide) groups is 1. The Morgan fingerprint density at radius 1 is 1.44 bits per heavy atom. The third kappa shape index (κ3) is 2.98. The van der Waals surface area contributed by atoms with Gasteiger partial charge in [-0.15, -0.1) is 0 Å². The molecule has 1 aliphatic heterocycles. The molecule has 0 unspecified atom stereocenters. The molecule has 4 heteroatoms. The molecule has 1 fully saturated rings. The summed E-state index contributed by atoms with van der Waals surface area (Å²) in [5.41, 5.74) is 7.41. The molecule has 0 saturated carbocycles. The van der Waals surface area contributed by atoms with Gasteiger partial charge in [0.25, 0.3) is 0 Å². The molecule has 0 spiro atoms. The highest BCUT2D eigenvalue weighted by Crippen LogP contribution is 2.34. The molecule has 1 saturated heterocycles. The summed E-state index contributed by atoms with van der Waals surface area (Å²) in [5, 5.41) is 0. The molecule has 0 radical (unpaired) electrons. The predicted octanol–water partition coefficient (Wildman–Crippen LogP) is 2.66. The number of benzene rings is 1. The van der Waals surface area contributed by atoms with Crippen molar-refractivity contribution in [2.75, 3.05) is 30.3 Å². The van der Waals surface area contributed by atoms with E-state index in [9.17, 15) is 4.39 Å². The largest absolute Gasteiger partial charge is 0.367 e. The van der Waals surface area contributed by atoms with E-state index in [1.54, 1.807) is 12.1 Å². The van der Waals surface area contributed by atoms with E-state index in [1.165, 1.54) is 0 Å². The number of nitrogens with two attached hydrogens (primary N) is 1. The number of halogens is 1. The third-order valence-electron chi connectivity index (χ3n) is 3.23. The summed E-state index contributed by atoms with van der Waals surface area (Å²) >= 11 is 1.96. The van der Waals surface area contributed by atoms with Crippen molar-refractivity contribution < 1.29 is 4.39 Å². The van der Waals surface area contributed by atoms with Crippen LogP contribution in [0.2, 0.25) is 0 Å². The average molecular weight is 268 g/mol. The van der Waals surface area contributed by atoms with E-state index in [-0.39, 0.29) is 10.6 Å². The molecule has 1 aromatic rings. The van der Waals surface area contributed by atoms with Gasteiger partial charge in [0.1, 0.15) is 5.82 Å². The zero-order valence-electron chi connectivity index (χ0n) is 11.1. The fourth-order valence-electron chi connectivity index (χ4n) is 2.48. The van der Waals surface area contributed by atoms with Crippen LogP contribution in [0.4, 0.5) is 10.1 Å². The summed E-state index contributed by atoms with van der Waals surface area (Å²) in [6.45, 7) is 6.78. The third-order valence-corrected chi connectivity index (χ3v) is 4.52. The molecular weight excluding hydrogens is 247 g/mol. The lowest BCUT2D eigenvalue weighted by molar-refractivity contribution is 0.594. The minimum absolute atomic E-state index is 0.122. The molecule has 0 atom stereocenters. The van der Waals surface area contributed by atoms with Gasteiger partial charge >= 0.3 is 0 Å². The molecule has 2 nitrogen and oxygen atoms in total. The Labute approximate surface area is 113 Å². The predicted molar refractivity (Wildman–Crippen MR) is 77.9 cm³/mol. The first kappa shape index (κ1) is 13.7. The number of rotatable bonds is 3.